The molecule has 0 aromatic heterocycles. The first-order valence-corrected chi connectivity index (χ1v) is 14.3. The zero-order chi connectivity index (χ0) is 27.7. The van der Waals surface area contributed by atoms with Gasteiger partial charge in [-0.25, -0.2) is 0 Å². The maximum atomic E-state index is 12.8. The Labute approximate surface area is 237 Å². The van der Waals surface area contributed by atoms with E-state index in [4.69, 9.17) is 14.7 Å². The Morgan fingerprint density at radius 3 is 2.35 bits per heavy atom. The number of ether oxygens (including phenoxy) is 2. The molecule has 1 heterocycles. The molecule has 40 heavy (non-hydrogen) atoms. The van der Waals surface area contributed by atoms with Crippen LogP contribution in [0.15, 0.2) is 72.8 Å². The molecule has 3 aromatic carbocycles. The molecule has 0 atom stereocenters. The number of nitrogens with zero attached hydrogens (tertiary/aromatic N) is 3. The van der Waals surface area contributed by atoms with E-state index in [0.717, 1.165) is 67.0 Å². The fourth-order valence-corrected chi connectivity index (χ4v) is 5.48. The van der Waals surface area contributed by atoms with Gasteiger partial charge in [-0.2, -0.15) is 5.26 Å². The van der Waals surface area contributed by atoms with E-state index in [1.54, 1.807) is 0 Å². The number of rotatable bonds is 9. The summed E-state index contributed by atoms with van der Waals surface area (Å²) < 4.78 is 11.9. The van der Waals surface area contributed by atoms with Crippen molar-refractivity contribution in [2.24, 2.45) is 0 Å². The first-order valence-electron chi connectivity index (χ1n) is 14.3. The number of piperazine rings is 1. The molecular formula is C33H38N4O3. The van der Waals surface area contributed by atoms with Crippen molar-refractivity contribution in [1.82, 2.24) is 4.90 Å². The van der Waals surface area contributed by atoms with Gasteiger partial charge in [0.05, 0.1) is 17.7 Å². The molecular weight excluding hydrogens is 500 g/mol. The summed E-state index contributed by atoms with van der Waals surface area (Å²) in [6.45, 7) is 5.70. The standard InChI is InChI=1S/C33H38N4O3/c1-25-21-29(8-7-27(25)22-34)35-28-9-13-31(14-10-28)40-24-33(38)37-19-17-36(18-20-37)30-11-15-32(16-12-30)39-23-26-5-3-2-4-6-26/h2-8,11-12,15-16,21,28,31,35H,9-10,13-14,17-20,23-24H2,1H3. The lowest BCUT2D eigenvalue weighted by atomic mass is 9.92. The summed E-state index contributed by atoms with van der Waals surface area (Å²) in [5.74, 6) is 0.936. The maximum absolute atomic E-state index is 12.8. The Morgan fingerprint density at radius 2 is 1.68 bits per heavy atom. The third kappa shape index (κ3) is 7.34. The first kappa shape index (κ1) is 27.5. The van der Waals surface area contributed by atoms with Gasteiger partial charge in [-0.3, -0.25) is 4.79 Å². The van der Waals surface area contributed by atoms with Crippen LogP contribution in [0.2, 0.25) is 0 Å². The van der Waals surface area contributed by atoms with Crippen LogP contribution in [0.4, 0.5) is 11.4 Å². The van der Waals surface area contributed by atoms with Crippen LogP contribution in [-0.2, 0) is 16.1 Å². The molecule has 2 aliphatic rings. The Balaban J connectivity index is 0.991. The number of carbonyl (C=O) groups is 1. The van der Waals surface area contributed by atoms with Gasteiger partial charge in [0.2, 0.25) is 5.91 Å². The summed E-state index contributed by atoms with van der Waals surface area (Å²) in [7, 11) is 0. The molecule has 208 valence electrons. The maximum Gasteiger partial charge on any atom is 0.248 e. The van der Waals surface area contributed by atoms with Crippen molar-refractivity contribution in [2.45, 2.75) is 51.4 Å². The Morgan fingerprint density at radius 1 is 0.950 bits per heavy atom. The van der Waals surface area contributed by atoms with Crippen molar-refractivity contribution in [2.75, 3.05) is 43.0 Å². The third-order valence-corrected chi connectivity index (χ3v) is 7.92. The van der Waals surface area contributed by atoms with Crippen LogP contribution in [-0.4, -0.2) is 55.7 Å². The molecule has 1 amide bonds. The van der Waals surface area contributed by atoms with Crippen LogP contribution in [0.3, 0.4) is 0 Å². The van der Waals surface area contributed by atoms with Crippen molar-refractivity contribution in [3.8, 4) is 11.8 Å². The van der Waals surface area contributed by atoms with Crippen molar-refractivity contribution in [3.63, 3.8) is 0 Å². The summed E-state index contributed by atoms with van der Waals surface area (Å²) in [6, 6.07) is 26.9. The van der Waals surface area contributed by atoms with Gasteiger partial charge in [-0.1, -0.05) is 30.3 Å². The second kappa shape index (κ2) is 13.4. The number of carbonyl (C=O) groups excluding carboxylic acids is 1. The molecule has 1 N–H and O–H groups in total. The Kier molecular flexibility index (Phi) is 9.20. The predicted octanol–water partition coefficient (Wildman–Crippen LogP) is 5.53. The lowest BCUT2D eigenvalue weighted by Crippen LogP contribution is -2.50. The van der Waals surface area contributed by atoms with Crippen LogP contribution in [0, 0.1) is 18.3 Å². The van der Waals surface area contributed by atoms with E-state index in [0.29, 0.717) is 31.3 Å². The Hall–Kier alpha value is -4.02. The summed E-state index contributed by atoms with van der Waals surface area (Å²) in [6.07, 6.45) is 4.03. The van der Waals surface area contributed by atoms with Gasteiger partial charge in [0.15, 0.2) is 0 Å². The minimum Gasteiger partial charge on any atom is -0.489 e. The molecule has 1 aliphatic carbocycles. The van der Waals surface area contributed by atoms with E-state index in [1.165, 1.54) is 0 Å². The van der Waals surface area contributed by atoms with Gasteiger partial charge < -0.3 is 24.6 Å². The molecule has 0 bridgehead atoms. The van der Waals surface area contributed by atoms with Crippen LogP contribution >= 0.6 is 0 Å². The Bertz CT molecular complexity index is 1290. The number of anilines is 2. The minimum absolute atomic E-state index is 0.0811. The van der Waals surface area contributed by atoms with E-state index < -0.39 is 0 Å². The largest absolute Gasteiger partial charge is 0.489 e. The van der Waals surface area contributed by atoms with Crippen LogP contribution < -0.4 is 15.0 Å². The predicted molar refractivity (Wildman–Crippen MR) is 158 cm³/mol. The second-order valence-corrected chi connectivity index (χ2v) is 10.7. The normalized spacial score (nSPS) is 19.1. The summed E-state index contributed by atoms with van der Waals surface area (Å²) in [5, 5.41) is 12.7. The molecule has 0 radical (unpaired) electrons. The average Bonchev–Trinajstić information content (AvgIpc) is 3.00. The van der Waals surface area contributed by atoms with Crippen molar-refractivity contribution in [1.29, 1.82) is 5.26 Å². The van der Waals surface area contributed by atoms with Crippen molar-refractivity contribution >= 4 is 17.3 Å². The number of hydrogen-bond donors (Lipinski definition) is 1. The number of amides is 1. The highest BCUT2D eigenvalue weighted by Gasteiger charge is 2.25. The van der Waals surface area contributed by atoms with E-state index >= 15 is 0 Å². The van der Waals surface area contributed by atoms with Crippen molar-refractivity contribution < 1.29 is 14.3 Å². The van der Waals surface area contributed by atoms with Crippen LogP contribution in [0.1, 0.15) is 42.4 Å². The molecule has 5 rings (SSSR count). The molecule has 0 spiro atoms. The number of aryl methyl sites for hydroxylation is 1. The average molecular weight is 539 g/mol. The number of nitrogens with one attached hydrogen (secondary N) is 1. The lowest BCUT2D eigenvalue weighted by Gasteiger charge is -2.36. The zero-order valence-corrected chi connectivity index (χ0v) is 23.2. The molecule has 1 aliphatic heterocycles. The topological polar surface area (TPSA) is 77.8 Å². The molecule has 7 nitrogen and oxygen atoms in total. The number of nitriles is 1. The summed E-state index contributed by atoms with van der Waals surface area (Å²) in [4.78, 5) is 17.1. The van der Waals surface area contributed by atoms with Crippen molar-refractivity contribution in [3.05, 3.63) is 89.5 Å². The monoisotopic (exact) mass is 538 g/mol. The van der Waals surface area contributed by atoms with Gasteiger partial charge in [-0.15, -0.1) is 0 Å². The minimum atomic E-state index is 0.0811. The van der Waals surface area contributed by atoms with Crippen LogP contribution in [0.25, 0.3) is 0 Å². The lowest BCUT2D eigenvalue weighted by molar-refractivity contribution is -0.139. The summed E-state index contributed by atoms with van der Waals surface area (Å²) in [5.41, 5.74) is 5.06. The second-order valence-electron chi connectivity index (χ2n) is 10.7. The number of hydrogen-bond acceptors (Lipinski definition) is 6. The SMILES string of the molecule is Cc1cc(NC2CCC(OCC(=O)N3CCN(c4ccc(OCc5ccccc5)cc4)CC3)CC2)ccc1C#N. The smallest absolute Gasteiger partial charge is 0.248 e. The third-order valence-electron chi connectivity index (χ3n) is 7.92. The quantitative estimate of drug-likeness (QED) is 0.386. The molecule has 1 saturated carbocycles. The highest BCUT2D eigenvalue weighted by molar-refractivity contribution is 5.77. The molecule has 2 fully saturated rings. The van der Waals surface area contributed by atoms with Gasteiger partial charge in [0.25, 0.3) is 0 Å². The van der Waals surface area contributed by atoms with E-state index in [9.17, 15) is 4.79 Å². The van der Waals surface area contributed by atoms with E-state index in [1.807, 2.05) is 60.4 Å². The highest BCUT2D eigenvalue weighted by atomic mass is 16.5. The van der Waals surface area contributed by atoms with Gasteiger partial charge >= 0.3 is 0 Å². The van der Waals surface area contributed by atoms with E-state index in [-0.39, 0.29) is 18.6 Å². The van der Waals surface area contributed by atoms with Gasteiger partial charge in [0, 0.05) is 43.6 Å². The molecule has 0 unspecified atom stereocenters. The highest BCUT2D eigenvalue weighted by Crippen LogP contribution is 2.26. The molecule has 7 heteroatoms. The van der Waals surface area contributed by atoms with Crippen LogP contribution in [0.5, 0.6) is 5.75 Å². The molecule has 3 aromatic rings. The zero-order valence-electron chi connectivity index (χ0n) is 23.2. The first-order chi connectivity index (χ1) is 19.6. The molecule has 1 saturated heterocycles. The fourth-order valence-electron chi connectivity index (χ4n) is 5.48. The fraction of sp³-hybridized carbons (Fsp3) is 0.394. The van der Waals surface area contributed by atoms with Gasteiger partial charge in [0.1, 0.15) is 19.0 Å². The van der Waals surface area contributed by atoms with Gasteiger partial charge in [-0.05, 0) is 86.2 Å². The van der Waals surface area contributed by atoms with E-state index in [2.05, 4.69) is 40.6 Å². The number of benzene rings is 3. The summed E-state index contributed by atoms with van der Waals surface area (Å²) >= 11 is 0.